The zero-order valence-corrected chi connectivity index (χ0v) is 13.4. The van der Waals surface area contributed by atoms with Gasteiger partial charge in [-0.1, -0.05) is 31.5 Å². The molecular formula is C18H27NO. The van der Waals surface area contributed by atoms with Crippen molar-refractivity contribution in [3.05, 3.63) is 29.3 Å². The molecule has 1 fully saturated rings. The second kappa shape index (κ2) is 5.99. The van der Waals surface area contributed by atoms with Crippen molar-refractivity contribution in [1.29, 1.82) is 0 Å². The fourth-order valence-corrected chi connectivity index (χ4v) is 3.60. The van der Waals surface area contributed by atoms with Gasteiger partial charge in [0.25, 0.3) is 0 Å². The second-order valence-electron chi connectivity index (χ2n) is 6.77. The Labute approximate surface area is 123 Å². The van der Waals surface area contributed by atoms with E-state index >= 15 is 0 Å². The van der Waals surface area contributed by atoms with E-state index in [1.54, 1.807) is 0 Å². The molecule has 110 valence electrons. The molecule has 0 spiro atoms. The average molecular weight is 273 g/mol. The molecule has 0 saturated heterocycles. The maximum atomic E-state index is 12.3. The molecule has 3 unspecified atom stereocenters. The number of rotatable bonds is 3. The number of nitrogens with zero attached hydrogens (tertiary/aromatic N) is 1. The van der Waals surface area contributed by atoms with E-state index in [0.29, 0.717) is 17.6 Å². The summed E-state index contributed by atoms with van der Waals surface area (Å²) in [6.07, 6.45) is 1.94. The van der Waals surface area contributed by atoms with Crippen LogP contribution in [0.5, 0.6) is 0 Å². The van der Waals surface area contributed by atoms with Crippen molar-refractivity contribution in [3.8, 4) is 0 Å². The van der Waals surface area contributed by atoms with Gasteiger partial charge in [-0.2, -0.15) is 0 Å². The van der Waals surface area contributed by atoms with Crippen molar-refractivity contribution >= 4 is 11.5 Å². The number of ketones is 1. The van der Waals surface area contributed by atoms with Crippen LogP contribution in [-0.2, 0) is 4.79 Å². The first kappa shape index (κ1) is 15.1. The predicted molar refractivity (Wildman–Crippen MR) is 85.2 cm³/mol. The monoisotopic (exact) mass is 273 g/mol. The molecule has 0 amide bonds. The molecule has 0 heterocycles. The Hall–Kier alpha value is -1.31. The van der Waals surface area contributed by atoms with Crippen LogP contribution in [0.25, 0.3) is 0 Å². The van der Waals surface area contributed by atoms with Crippen molar-refractivity contribution in [2.75, 3.05) is 18.5 Å². The number of hydrogen-bond acceptors (Lipinski definition) is 2. The Morgan fingerprint density at radius 3 is 2.55 bits per heavy atom. The predicted octanol–water partition coefficient (Wildman–Crippen LogP) is 3.99. The highest BCUT2D eigenvalue weighted by atomic mass is 16.1. The minimum atomic E-state index is 0.192. The summed E-state index contributed by atoms with van der Waals surface area (Å²) >= 11 is 0. The summed E-state index contributed by atoms with van der Waals surface area (Å²) in [6.45, 7) is 9.53. The van der Waals surface area contributed by atoms with Gasteiger partial charge in [0.2, 0.25) is 0 Å². The first-order valence-electron chi connectivity index (χ1n) is 7.69. The summed E-state index contributed by atoms with van der Waals surface area (Å²) in [5.41, 5.74) is 3.82. The Bertz CT molecular complexity index is 494. The summed E-state index contributed by atoms with van der Waals surface area (Å²) in [7, 11) is 2.11. The zero-order valence-electron chi connectivity index (χ0n) is 13.4. The SMILES string of the molecule is Cc1ccc(N(C)CC2C(=O)CC(C)CC2C)c(C)c1. The van der Waals surface area contributed by atoms with E-state index in [0.717, 1.165) is 13.0 Å². The molecule has 1 aromatic rings. The molecule has 0 aliphatic heterocycles. The minimum absolute atomic E-state index is 0.192. The van der Waals surface area contributed by atoms with Gasteiger partial charge in [0.1, 0.15) is 5.78 Å². The van der Waals surface area contributed by atoms with Gasteiger partial charge < -0.3 is 4.90 Å². The van der Waals surface area contributed by atoms with E-state index in [1.165, 1.54) is 23.2 Å². The fraction of sp³-hybridized carbons (Fsp3) is 0.611. The molecule has 2 rings (SSSR count). The van der Waals surface area contributed by atoms with Crippen LogP contribution < -0.4 is 4.90 Å². The molecule has 3 atom stereocenters. The number of carbonyl (C=O) groups excluding carboxylic acids is 1. The summed E-state index contributed by atoms with van der Waals surface area (Å²) in [5.74, 6) is 1.70. The Balaban J connectivity index is 2.10. The van der Waals surface area contributed by atoms with E-state index < -0.39 is 0 Å². The lowest BCUT2D eigenvalue weighted by Crippen LogP contribution is -2.39. The van der Waals surface area contributed by atoms with Crippen molar-refractivity contribution in [2.45, 2.75) is 40.5 Å². The highest BCUT2D eigenvalue weighted by molar-refractivity contribution is 5.83. The smallest absolute Gasteiger partial charge is 0.138 e. The molecule has 0 bridgehead atoms. The topological polar surface area (TPSA) is 20.3 Å². The highest BCUT2D eigenvalue weighted by Gasteiger charge is 2.33. The van der Waals surface area contributed by atoms with E-state index in [1.807, 2.05) is 0 Å². The molecule has 0 radical (unpaired) electrons. The van der Waals surface area contributed by atoms with E-state index in [9.17, 15) is 4.79 Å². The van der Waals surface area contributed by atoms with Crippen molar-refractivity contribution in [1.82, 2.24) is 0 Å². The number of anilines is 1. The van der Waals surface area contributed by atoms with Crippen molar-refractivity contribution < 1.29 is 4.79 Å². The van der Waals surface area contributed by atoms with Crippen LogP contribution in [0.4, 0.5) is 5.69 Å². The van der Waals surface area contributed by atoms with Gasteiger partial charge in [-0.15, -0.1) is 0 Å². The van der Waals surface area contributed by atoms with Crippen molar-refractivity contribution in [2.24, 2.45) is 17.8 Å². The van der Waals surface area contributed by atoms with Gasteiger partial charge in [-0.05, 0) is 43.7 Å². The number of benzene rings is 1. The molecular weight excluding hydrogens is 246 g/mol. The average Bonchev–Trinajstić information content (AvgIpc) is 2.33. The van der Waals surface area contributed by atoms with E-state index in [4.69, 9.17) is 0 Å². The van der Waals surface area contributed by atoms with Gasteiger partial charge in [0.15, 0.2) is 0 Å². The molecule has 1 aliphatic carbocycles. The molecule has 0 N–H and O–H groups in total. The maximum absolute atomic E-state index is 12.3. The third-order valence-corrected chi connectivity index (χ3v) is 4.66. The van der Waals surface area contributed by atoms with Gasteiger partial charge in [0.05, 0.1) is 0 Å². The minimum Gasteiger partial charge on any atom is -0.374 e. The molecule has 1 aromatic carbocycles. The van der Waals surface area contributed by atoms with E-state index in [2.05, 4.69) is 57.8 Å². The van der Waals surface area contributed by atoms with Gasteiger partial charge in [-0.25, -0.2) is 0 Å². The Morgan fingerprint density at radius 2 is 1.95 bits per heavy atom. The van der Waals surface area contributed by atoms with Crippen LogP contribution in [-0.4, -0.2) is 19.4 Å². The zero-order chi connectivity index (χ0) is 14.9. The fourth-order valence-electron chi connectivity index (χ4n) is 3.60. The number of carbonyl (C=O) groups is 1. The lowest BCUT2D eigenvalue weighted by atomic mass is 9.74. The van der Waals surface area contributed by atoms with Crippen LogP contribution in [0.3, 0.4) is 0 Å². The lowest BCUT2D eigenvalue weighted by molar-refractivity contribution is -0.127. The third-order valence-electron chi connectivity index (χ3n) is 4.66. The van der Waals surface area contributed by atoms with Gasteiger partial charge in [-0.3, -0.25) is 4.79 Å². The largest absolute Gasteiger partial charge is 0.374 e. The third kappa shape index (κ3) is 3.23. The molecule has 1 saturated carbocycles. The normalized spacial score (nSPS) is 26.6. The molecule has 2 nitrogen and oxygen atoms in total. The maximum Gasteiger partial charge on any atom is 0.138 e. The molecule has 2 heteroatoms. The number of aryl methyl sites for hydroxylation is 2. The lowest BCUT2D eigenvalue weighted by Gasteiger charge is -2.35. The Kier molecular flexibility index (Phi) is 4.52. The van der Waals surface area contributed by atoms with Gasteiger partial charge >= 0.3 is 0 Å². The number of Topliss-reactive ketones (excluding diaryl/α,β-unsaturated/α-hetero) is 1. The first-order chi connectivity index (χ1) is 9.38. The van der Waals surface area contributed by atoms with Gasteiger partial charge in [0, 0.05) is 31.6 Å². The summed E-state index contributed by atoms with van der Waals surface area (Å²) in [5, 5.41) is 0. The molecule has 1 aliphatic rings. The quantitative estimate of drug-likeness (QED) is 0.830. The Morgan fingerprint density at radius 1 is 1.25 bits per heavy atom. The molecule has 20 heavy (non-hydrogen) atoms. The van der Waals surface area contributed by atoms with Crippen LogP contribution >= 0.6 is 0 Å². The van der Waals surface area contributed by atoms with Crippen LogP contribution in [0.15, 0.2) is 18.2 Å². The standard InChI is InChI=1S/C18H27NO/c1-12-6-7-17(15(4)8-12)19(5)11-16-14(3)9-13(2)10-18(16)20/h6-8,13-14,16H,9-11H2,1-5H3. The van der Waals surface area contributed by atoms with Crippen LogP contribution in [0.1, 0.15) is 37.8 Å². The van der Waals surface area contributed by atoms with Crippen molar-refractivity contribution in [3.63, 3.8) is 0 Å². The molecule has 0 aromatic heterocycles. The van der Waals surface area contributed by atoms with Crippen LogP contribution in [0, 0.1) is 31.6 Å². The second-order valence-corrected chi connectivity index (χ2v) is 6.77. The van der Waals surface area contributed by atoms with Crippen LogP contribution in [0.2, 0.25) is 0 Å². The summed E-state index contributed by atoms with van der Waals surface area (Å²) in [6, 6.07) is 6.53. The number of hydrogen-bond donors (Lipinski definition) is 0. The highest BCUT2D eigenvalue weighted by Crippen LogP contribution is 2.32. The summed E-state index contributed by atoms with van der Waals surface area (Å²) < 4.78 is 0. The summed E-state index contributed by atoms with van der Waals surface area (Å²) in [4.78, 5) is 14.5. The first-order valence-corrected chi connectivity index (χ1v) is 7.69. The van der Waals surface area contributed by atoms with E-state index in [-0.39, 0.29) is 5.92 Å².